The molecule has 3 aromatic rings. The second-order valence-corrected chi connectivity index (χ2v) is 9.95. The number of benzene rings is 3. The molecule has 0 aromatic heterocycles. The van der Waals surface area contributed by atoms with Gasteiger partial charge in [0.15, 0.2) is 0 Å². The molecule has 0 fully saturated rings. The summed E-state index contributed by atoms with van der Waals surface area (Å²) in [4.78, 5) is 50.3. The van der Waals surface area contributed by atoms with Gasteiger partial charge in [-0.3, -0.25) is 4.79 Å². The molecule has 1 unspecified atom stereocenters. The number of methoxy groups -OCH3 is 1. The Kier molecular flexibility index (Phi) is 12.4. The molecule has 0 radical (unpaired) electrons. The molecule has 3 aromatic carbocycles. The van der Waals surface area contributed by atoms with E-state index in [1.165, 1.54) is 7.11 Å². The summed E-state index contributed by atoms with van der Waals surface area (Å²) in [6.45, 7) is 3.93. The monoisotopic (exact) mass is 576 g/mol. The molecular formula is C32H36N2O8. The van der Waals surface area contributed by atoms with Crippen molar-refractivity contribution in [1.29, 1.82) is 0 Å². The number of amides is 2. The van der Waals surface area contributed by atoms with Crippen LogP contribution in [-0.4, -0.2) is 43.3 Å². The summed E-state index contributed by atoms with van der Waals surface area (Å²) in [5.41, 5.74) is 2.27. The number of rotatable bonds is 13. The van der Waals surface area contributed by atoms with E-state index in [2.05, 4.69) is 10.6 Å². The first-order valence-corrected chi connectivity index (χ1v) is 13.6. The number of carbonyl (C=O) groups excluding carboxylic acids is 4. The van der Waals surface area contributed by atoms with Crippen LogP contribution in [0.5, 0.6) is 5.75 Å². The lowest BCUT2D eigenvalue weighted by Gasteiger charge is -2.23. The first kappa shape index (κ1) is 31.7. The zero-order valence-electron chi connectivity index (χ0n) is 23.9. The van der Waals surface area contributed by atoms with Crippen LogP contribution >= 0.6 is 0 Å². The quantitative estimate of drug-likeness (QED) is 0.166. The normalized spacial score (nSPS) is 12.0. The smallest absolute Gasteiger partial charge is 0.467 e. The Morgan fingerprint density at radius 2 is 1.26 bits per heavy atom. The fourth-order valence-electron chi connectivity index (χ4n) is 3.99. The van der Waals surface area contributed by atoms with Gasteiger partial charge in [-0.25, -0.2) is 14.4 Å². The average Bonchev–Trinajstić information content (AvgIpc) is 2.99. The topological polar surface area (TPSA) is 129 Å². The maximum atomic E-state index is 13.3. The molecule has 0 spiro atoms. The van der Waals surface area contributed by atoms with Crippen molar-refractivity contribution < 1.29 is 38.1 Å². The number of hydrogen-bond donors (Lipinski definition) is 2. The molecule has 42 heavy (non-hydrogen) atoms. The summed E-state index contributed by atoms with van der Waals surface area (Å²) in [6.07, 6.45) is -1.22. The Morgan fingerprint density at radius 1 is 0.690 bits per heavy atom. The Morgan fingerprint density at radius 3 is 1.81 bits per heavy atom. The molecule has 0 saturated heterocycles. The van der Waals surface area contributed by atoms with E-state index in [0.717, 1.165) is 11.1 Å². The predicted octanol–water partition coefficient (Wildman–Crippen LogP) is 4.94. The van der Waals surface area contributed by atoms with Gasteiger partial charge in [-0.15, -0.1) is 0 Å². The second kappa shape index (κ2) is 16.4. The Bertz CT molecular complexity index is 1300. The SMILES string of the molecule is COC(=O)[C@H](CC(C)C)NC(=O)C(Cc1ccc(OC(=O)OCc2ccccc2)cc1)NC(=O)OCc1ccccc1. The van der Waals surface area contributed by atoms with Crippen LogP contribution in [0.4, 0.5) is 9.59 Å². The van der Waals surface area contributed by atoms with Crippen molar-refractivity contribution in [3.05, 3.63) is 102 Å². The highest BCUT2D eigenvalue weighted by molar-refractivity contribution is 5.89. The van der Waals surface area contributed by atoms with E-state index in [-0.39, 0.29) is 31.3 Å². The van der Waals surface area contributed by atoms with E-state index < -0.39 is 36.2 Å². The van der Waals surface area contributed by atoms with Crippen LogP contribution < -0.4 is 15.4 Å². The van der Waals surface area contributed by atoms with E-state index in [9.17, 15) is 19.2 Å². The van der Waals surface area contributed by atoms with E-state index in [4.69, 9.17) is 18.9 Å². The number of nitrogens with one attached hydrogen (secondary N) is 2. The summed E-state index contributed by atoms with van der Waals surface area (Å²) in [6, 6.07) is 22.8. The van der Waals surface area contributed by atoms with Crippen LogP contribution in [0.1, 0.15) is 37.0 Å². The largest absolute Gasteiger partial charge is 0.514 e. The Hall–Kier alpha value is -4.86. The van der Waals surface area contributed by atoms with Crippen molar-refractivity contribution in [3.63, 3.8) is 0 Å². The van der Waals surface area contributed by atoms with E-state index in [1.54, 1.807) is 24.3 Å². The Balaban J connectivity index is 1.65. The van der Waals surface area contributed by atoms with Gasteiger partial charge in [0.1, 0.15) is 31.0 Å². The lowest BCUT2D eigenvalue weighted by Crippen LogP contribution is -2.53. The first-order chi connectivity index (χ1) is 20.2. The second-order valence-electron chi connectivity index (χ2n) is 9.95. The van der Waals surface area contributed by atoms with Gasteiger partial charge in [0, 0.05) is 6.42 Å². The maximum absolute atomic E-state index is 13.3. The molecule has 10 nitrogen and oxygen atoms in total. The van der Waals surface area contributed by atoms with Crippen molar-refractivity contribution in [2.24, 2.45) is 5.92 Å². The maximum Gasteiger partial charge on any atom is 0.514 e. The summed E-state index contributed by atoms with van der Waals surface area (Å²) in [5, 5.41) is 5.29. The Labute approximate surface area is 245 Å². The molecule has 2 N–H and O–H groups in total. The van der Waals surface area contributed by atoms with Gasteiger partial charge < -0.3 is 29.6 Å². The highest BCUT2D eigenvalue weighted by Gasteiger charge is 2.28. The van der Waals surface area contributed by atoms with Gasteiger partial charge in [0.2, 0.25) is 5.91 Å². The number of ether oxygens (including phenoxy) is 4. The molecule has 3 rings (SSSR count). The van der Waals surface area contributed by atoms with Crippen molar-refractivity contribution >= 4 is 24.1 Å². The van der Waals surface area contributed by atoms with Gasteiger partial charge in [-0.05, 0) is 41.2 Å². The minimum absolute atomic E-state index is 0.0194. The standard InChI is InChI=1S/C32H36N2O8/c1-22(2)18-28(30(36)39-3)33-29(35)27(34-31(37)40-20-24-10-6-4-7-11-24)19-23-14-16-26(17-15-23)42-32(38)41-21-25-12-8-5-9-13-25/h4-17,22,27-28H,18-21H2,1-3H3,(H,33,35)(H,34,37)/t27?,28-/m0/s1. The third-order valence-corrected chi connectivity index (χ3v) is 6.09. The van der Waals surface area contributed by atoms with Crippen LogP contribution in [0, 0.1) is 5.92 Å². The van der Waals surface area contributed by atoms with E-state index in [0.29, 0.717) is 12.0 Å². The van der Waals surface area contributed by atoms with Crippen LogP contribution in [0.15, 0.2) is 84.9 Å². The van der Waals surface area contributed by atoms with Gasteiger partial charge >= 0.3 is 18.2 Å². The fourth-order valence-corrected chi connectivity index (χ4v) is 3.99. The molecule has 2 amide bonds. The van der Waals surface area contributed by atoms with Crippen LogP contribution in [0.2, 0.25) is 0 Å². The highest BCUT2D eigenvalue weighted by atomic mass is 16.7. The number of alkyl carbamates (subject to hydrolysis) is 1. The molecular weight excluding hydrogens is 540 g/mol. The molecule has 0 bridgehead atoms. The van der Waals surface area contributed by atoms with Gasteiger partial charge in [0.25, 0.3) is 0 Å². The highest BCUT2D eigenvalue weighted by Crippen LogP contribution is 2.16. The molecule has 0 heterocycles. The number of carbonyl (C=O) groups is 4. The third-order valence-electron chi connectivity index (χ3n) is 6.09. The lowest BCUT2D eigenvalue weighted by atomic mass is 10.0. The van der Waals surface area contributed by atoms with Crippen molar-refractivity contribution in [2.75, 3.05) is 7.11 Å². The zero-order chi connectivity index (χ0) is 30.3. The molecule has 10 heteroatoms. The van der Waals surface area contributed by atoms with Crippen LogP contribution in [-0.2, 0) is 43.4 Å². The van der Waals surface area contributed by atoms with E-state index in [1.807, 2.05) is 74.5 Å². The van der Waals surface area contributed by atoms with E-state index >= 15 is 0 Å². The molecule has 0 aliphatic heterocycles. The fraction of sp³-hybridized carbons (Fsp3) is 0.312. The molecule has 0 aliphatic carbocycles. The van der Waals surface area contributed by atoms with Crippen molar-refractivity contribution in [1.82, 2.24) is 10.6 Å². The molecule has 222 valence electrons. The van der Waals surface area contributed by atoms with Gasteiger partial charge in [-0.1, -0.05) is 86.6 Å². The van der Waals surface area contributed by atoms with Crippen LogP contribution in [0.3, 0.4) is 0 Å². The van der Waals surface area contributed by atoms with Crippen molar-refractivity contribution in [3.8, 4) is 5.75 Å². The minimum Gasteiger partial charge on any atom is -0.467 e. The third kappa shape index (κ3) is 11.0. The lowest BCUT2D eigenvalue weighted by molar-refractivity contribution is -0.145. The predicted molar refractivity (Wildman–Crippen MR) is 154 cm³/mol. The zero-order valence-corrected chi connectivity index (χ0v) is 23.9. The summed E-state index contributed by atoms with van der Waals surface area (Å²) in [5.74, 6) is -0.810. The first-order valence-electron chi connectivity index (χ1n) is 13.6. The molecule has 0 saturated carbocycles. The van der Waals surface area contributed by atoms with Gasteiger partial charge in [-0.2, -0.15) is 0 Å². The molecule has 2 atom stereocenters. The van der Waals surface area contributed by atoms with Gasteiger partial charge in [0.05, 0.1) is 7.11 Å². The van der Waals surface area contributed by atoms with Crippen LogP contribution in [0.25, 0.3) is 0 Å². The van der Waals surface area contributed by atoms with Crippen molar-refractivity contribution in [2.45, 2.75) is 52.0 Å². The number of hydrogen-bond acceptors (Lipinski definition) is 8. The minimum atomic E-state index is -1.07. The number of esters is 1. The summed E-state index contributed by atoms with van der Waals surface area (Å²) >= 11 is 0. The summed E-state index contributed by atoms with van der Waals surface area (Å²) < 4.78 is 20.5. The molecule has 0 aliphatic rings. The average molecular weight is 577 g/mol. The summed E-state index contributed by atoms with van der Waals surface area (Å²) in [7, 11) is 1.25.